The predicted molar refractivity (Wildman–Crippen MR) is 120 cm³/mol. The molecular formula is C24H21F2N5O. The Kier molecular flexibility index (Phi) is 5.26. The highest BCUT2D eigenvalue weighted by molar-refractivity contribution is 6.12. The van der Waals surface area contributed by atoms with Gasteiger partial charge in [-0.3, -0.25) is 4.79 Å². The summed E-state index contributed by atoms with van der Waals surface area (Å²) in [6.45, 7) is 1.81. The van der Waals surface area contributed by atoms with E-state index in [0.717, 1.165) is 31.6 Å². The standard InChI is InChI=1S/C24H21F2N5O/c25-22(26)16-7-1-2-8-17(16)23-28-19-14-15(31-11-5-6-12-31)13-18(21(19)30-23)24(32)29-20-9-3-4-10-27-20/h1-4,7-10,13-14,22H,5-6,11-12H2,(H,28,30)(H,27,29,32). The van der Waals surface area contributed by atoms with E-state index >= 15 is 0 Å². The highest BCUT2D eigenvalue weighted by Crippen LogP contribution is 2.33. The number of carbonyl (C=O) groups is 1. The van der Waals surface area contributed by atoms with Gasteiger partial charge in [-0.2, -0.15) is 0 Å². The van der Waals surface area contributed by atoms with E-state index in [4.69, 9.17) is 0 Å². The molecule has 0 bridgehead atoms. The van der Waals surface area contributed by atoms with Crippen LogP contribution in [0, 0.1) is 0 Å². The van der Waals surface area contributed by atoms with Crippen molar-refractivity contribution in [3.05, 3.63) is 71.9 Å². The lowest BCUT2D eigenvalue weighted by molar-refractivity contribution is 0.102. The van der Waals surface area contributed by atoms with Gasteiger partial charge in [-0.05, 0) is 37.1 Å². The summed E-state index contributed by atoms with van der Waals surface area (Å²) >= 11 is 0. The van der Waals surface area contributed by atoms with E-state index in [-0.39, 0.29) is 11.5 Å². The molecule has 162 valence electrons. The summed E-state index contributed by atoms with van der Waals surface area (Å²) in [6, 6.07) is 15.3. The van der Waals surface area contributed by atoms with Crippen LogP contribution in [0.2, 0.25) is 0 Å². The average Bonchev–Trinajstić information content (AvgIpc) is 3.49. The number of alkyl halides is 2. The molecule has 1 aliphatic heterocycles. The summed E-state index contributed by atoms with van der Waals surface area (Å²) in [6.07, 6.45) is 1.14. The van der Waals surface area contributed by atoms with Gasteiger partial charge < -0.3 is 15.2 Å². The predicted octanol–water partition coefficient (Wildman–Crippen LogP) is 5.42. The lowest BCUT2D eigenvalue weighted by atomic mass is 10.1. The molecule has 6 nitrogen and oxygen atoms in total. The second kappa shape index (κ2) is 8.37. The van der Waals surface area contributed by atoms with Crippen LogP contribution < -0.4 is 10.2 Å². The molecule has 0 atom stereocenters. The molecule has 8 heteroatoms. The Hall–Kier alpha value is -3.81. The second-order valence-electron chi connectivity index (χ2n) is 7.73. The van der Waals surface area contributed by atoms with Crippen LogP contribution in [0.1, 0.15) is 35.2 Å². The second-order valence-corrected chi connectivity index (χ2v) is 7.73. The third-order valence-corrected chi connectivity index (χ3v) is 5.64. The summed E-state index contributed by atoms with van der Waals surface area (Å²) in [7, 11) is 0. The fourth-order valence-electron chi connectivity index (χ4n) is 4.08. The smallest absolute Gasteiger partial charge is 0.264 e. The third-order valence-electron chi connectivity index (χ3n) is 5.64. The molecule has 1 amide bonds. The maximum Gasteiger partial charge on any atom is 0.264 e. The van der Waals surface area contributed by atoms with Crippen molar-refractivity contribution in [1.29, 1.82) is 0 Å². The molecule has 1 saturated heterocycles. The number of amides is 1. The number of nitrogens with one attached hydrogen (secondary N) is 2. The Bertz CT molecular complexity index is 1270. The molecular weight excluding hydrogens is 412 g/mol. The number of anilines is 2. The number of pyridine rings is 1. The Balaban J connectivity index is 1.63. The molecule has 32 heavy (non-hydrogen) atoms. The lowest BCUT2D eigenvalue weighted by Crippen LogP contribution is -2.19. The van der Waals surface area contributed by atoms with Crippen molar-refractivity contribution in [2.24, 2.45) is 0 Å². The van der Waals surface area contributed by atoms with Gasteiger partial charge in [0.15, 0.2) is 0 Å². The van der Waals surface area contributed by atoms with E-state index in [2.05, 4.69) is 25.2 Å². The van der Waals surface area contributed by atoms with E-state index in [1.54, 1.807) is 42.6 Å². The zero-order valence-corrected chi connectivity index (χ0v) is 17.2. The number of H-pyrrole nitrogens is 1. The van der Waals surface area contributed by atoms with Crippen molar-refractivity contribution < 1.29 is 13.6 Å². The SMILES string of the molecule is O=C(Nc1ccccn1)c1cc(N2CCCC2)cc2[nH]c(-c3ccccc3C(F)F)nc12. The minimum atomic E-state index is -2.63. The molecule has 1 aliphatic rings. The minimum Gasteiger partial charge on any atom is -0.371 e. The number of aromatic amines is 1. The van der Waals surface area contributed by atoms with E-state index in [1.807, 2.05) is 12.1 Å². The van der Waals surface area contributed by atoms with E-state index in [0.29, 0.717) is 33.8 Å². The zero-order chi connectivity index (χ0) is 22.1. The fourth-order valence-corrected chi connectivity index (χ4v) is 4.08. The van der Waals surface area contributed by atoms with Gasteiger partial charge in [0.2, 0.25) is 0 Å². The molecule has 3 heterocycles. The van der Waals surface area contributed by atoms with Gasteiger partial charge in [0.25, 0.3) is 12.3 Å². The first-order valence-corrected chi connectivity index (χ1v) is 10.5. The lowest BCUT2D eigenvalue weighted by Gasteiger charge is -2.18. The van der Waals surface area contributed by atoms with Crippen molar-refractivity contribution in [3.8, 4) is 11.4 Å². The summed E-state index contributed by atoms with van der Waals surface area (Å²) in [4.78, 5) is 27.3. The fraction of sp³-hybridized carbons (Fsp3) is 0.208. The van der Waals surface area contributed by atoms with Crippen LogP contribution in [-0.2, 0) is 0 Å². The number of imidazole rings is 1. The summed E-state index contributed by atoms with van der Waals surface area (Å²) in [5, 5.41) is 2.80. The molecule has 5 rings (SSSR count). The van der Waals surface area contributed by atoms with Crippen molar-refractivity contribution in [2.45, 2.75) is 19.3 Å². The Morgan fingerprint density at radius 2 is 1.84 bits per heavy atom. The number of hydrogen-bond donors (Lipinski definition) is 2. The summed E-state index contributed by atoms with van der Waals surface area (Å²) < 4.78 is 27.1. The first kappa shape index (κ1) is 20.1. The van der Waals surface area contributed by atoms with Crippen LogP contribution in [0.5, 0.6) is 0 Å². The molecule has 0 saturated carbocycles. The van der Waals surface area contributed by atoms with Gasteiger partial charge in [-0.25, -0.2) is 18.7 Å². The van der Waals surface area contributed by atoms with E-state index < -0.39 is 6.43 Å². The Morgan fingerprint density at radius 1 is 1.06 bits per heavy atom. The third kappa shape index (κ3) is 3.79. The van der Waals surface area contributed by atoms with Crippen LogP contribution in [0.25, 0.3) is 22.4 Å². The number of halogens is 2. The summed E-state index contributed by atoms with van der Waals surface area (Å²) in [5.41, 5.74) is 2.54. The maximum absolute atomic E-state index is 13.6. The number of benzene rings is 2. The van der Waals surface area contributed by atoms with Gasteiger partial charge in [0.05, 0.1) is 11.1 Å². The highest BCUT2D eigenvalue weighted by atomic mass is 19.3. The highest BCUT2D eigenvalue weighted by Gasteiger charge is 2.22. The largest absolute Gasteiger partial charge is 0.371 e. The molecule has 0 spiro atoms. The van der Waals surface area contributed by atoms with Gasteiger partial charge >= 0.3 is 0 Å². The molecule has 1 fully saturated rings. The first-order valence-electron chi connectivity index (χ1n) is 10.5. The van der Waals surface area contributed by atoms with Crippen LogP contribution in [0.15, 0.2) is 60.8 Å². The van der Waals surface area contributed by atoms with Gasteiger partial charge in [0, 0.05) is 36.1 Å². The number of carbonyl (C=O) groups excluding carboxylic acids is 1. The molecule has 2 N–H and O–H groups in total. The van der Waals surface area contributed by atoms with Gasteiger partial charge in [0.1, 0.15) is 17.2 Å². The Labute approximate surface area is 183 Å². The quantitative estimate of drug-likeness (QED) is 0.441. The monoisotopic (exact) mass is 433 g/mol. The van der Waals surface area contributed by atoms with Crippen LogP contribution in [0.3, 0.4) is 0 Å². The van der Waals surface area contributed by atoms with Crippen molar-refractivity contribution in [2.75, 3.05) is 23.3 Å². The van der Waals surface area contributed by atoms with Crippen molar-refractivity contribution >= 4 is 28.4 Å². The number of hydrogen-bond acceptors (Lipinski definition) is 4. The molecule has 0 aliphatic carbocycles. The summed E-state index contributed by atoms with van der Waals surface area (Å²) in [5.74, 6) is 0.382. The Morgan fingerprint density at radius 3 is 2.59 bits per heavy atom. The normalized spacial score (nSPS) is 13.8. The molecule has 0 radical (unpaired) electrons. The number of aromatic nitrogens is 3. The van der Waals surface area contributed by atoms with Crippen LogP contribution >= 0.6 is 0 Å². The van der Waals surface area contributed by atoms with Gasteiger partial charge in [-0.1, -0.05) is 30.3 Å². The zero-order valence-electron chi connectivity index (χ0n) is 17.2. The number of rotatable bonds is 5. The van der Waals surface area contributed by atoms with Gasteiger partial charge in [-0.15, -0.1) is 0 Å². The topological polar surface area (TPSA) is 73.9 Å². The molecule has 4 aromatic rings. The number of nitrogens with zero attached hydrogens (tertiary/aromatic N) is 3. The van der Waals surface area contributed by atoms with E-state index in [1.165, 1.54) is 6.07 Å². The van der Waals surface area contributed by atoms with Crippen molar-refractivity contribution in [1.82, 2.24) is 15.0 Å². The first-order chi connectivity index (χ1) is 15.6. The van der Waals surface area contributed by atoms with Crippen molar-refractivity contribution in [3.63, 3.8) is 0 Å². The van der Waals surface area contributed by atoms with Crippen LogP contribution in [-0.4, -0.2) is 33.9 Å². The van der Waals surface area contributed by atoms with Crippen LogP contribution in [0.4, 0.5) is 20.3 Å². The average molecular weight is 433 g/mol. The molecule has 2 aromatic heterocycles. The maximum atomic E-state index is 13.6. The molecule has 0 unspecified atom stereocenters. The molecule has 2 aromatic carbocycles. The van der Waals surface area contributed by atoms with E-state index in [9.17, 15) is 13.6 Å². The minimum absolute atomic E-state index is 0.106. The number of fused-ring (bicyclic) bond motifs is 1.